The summed E-state index contributed by atoms with van der Waals surface area (Å²) in [5, 5.41) is 8.22. The van der Waals surface area contributed by atoms with Crippen LogP contribution in [0.2, 0.25) is 0 Å². The quantitative estimate of drug-likeness (QED) is 0.846. The van der Waals surface area contributed by atoms with Crippen LogP contribution in [0.5, 0.6) is 0 Å². The molecule has 0 saturated heterocycles. The Morgan fingerprint density at radius 1 is 1.35 bits per heavy atom. The lowest BCUT2D eigenvalue weighted by atomic mass is 9.80. The molecule has 1 aromatic heterocycles. The number of methoxy groups -OCH3 is 1. The van der Waals surface area contributed by atoms with Gasteiger partial charge < -0.3 is 10.5 Å². The van der Waals surface area contributed by atoms with Gasteiger partial charge in [-0.3, -0.25) is 0 Å². The average Bonchev–Trinajstić information content (AvgIpc) is 2.81. The van der Waals surface area contributed by atoms with Crippen molar-refractivity contribution in [3.05, 3.63) is 11.4 Å². The molecule has 0 aromatic carbocycles. The monoisotopic (exact) mass is 280 g/mol. The van der Waals surface area contributed by atoms with E-state index in [9.17, 15) is 4.79 Å². The van der Waals surface area contributed by atoms with E-state index in [1.54, 1.807) is 0 Å². The van der Waals surface area contributed by atoms with Gasteiger partial charge in [0.15, 0.2) is 5.69 Å². The van der Waals surface area contributed by atoms with Gasteiger partial charge in [0.25, 0.3) is 0 Å². The second-order valence-corrected chi connectivity index (χ2v) is 5.93. The molecule has 0 bridgehead atoms. The maximum absolute atomic E-state index is 11.8. The minimum Gasteiger partial charge on any atom is -0.464 e. The molecule has 2 rings (SSSR count). The van der Waals surface area contributed by atoms with Crippen LogP contribution in [0.15, 0.2) is 0 Å². The first kappa shape index (κ1) is 15.0. The topological polar surface area (TPSA) is 83.0 Å². The van der Waals surface area contributed by atoms with E-state index >= 15 is 0 Å². The first-order valence-electron chi connectivity index (χ1n) is 7.29. The maximum atomic E-state index is 11.8. The van der Waals surface area contributed by atoms with Crippen molar-refractivity contribution in [1.29, 1.82) is 0 Å². The second-order valence-electron chi connectivity index (χ2n) is 5.93. The van der Waals surface area contributed by atoms with Crippen molar-refractivity contribution < 1.29 is 9.53 Å². The lowest BCUT2D eigenvalue weighted by molar-refractivity contribution is 0.0592. The number of nitrogens with zero attached hydrogens (tertiary/aromatic N) is 3. The van der Waals surface area contributed by atoms with E-state index in [2.05, 4.69) is 24.2 Å². The Bertz CT molecular complexity index is 462. The molecule has 2 unspecified atom stereocenters. The van der Waals surface area contributed by atoms with Crippen LogP contribution in [0, 0.1) is 11.8 Å². The molecule has 1 aromatic rings. The van der Waals surface area contributed by atoms with E-state index in [0.29, 0.717) is 36.5 Å². The van der Waals surface area contributed by atoms with E-state index < -0.39 is 5.97 Å². The molecule has 0 amide bonds. The fourth-order valence-corrected chi connectivity index (χ4v) is 3.34. The zero-order valence-electron chi connectivity index (χ0n) is 12.5. The molecule has 0 spiro atoms. The molecule has 6 nitrogen and oxygen atoms in total. The predicted molar refractivity (Wildman–Crippen MR) is 75.3 cm³/mol. The number of hydrogen-bond acceptors (Lipinski definition) is 5. The SMILES string of the molecule is COC(=O)c1nnn(C2CC(C)CC(C)C2)c1CCN. The maximum Gasteiger partial charge on any atom is 0.360 e. The van der Waals surface area contributed by atoms with Crippen molar-refractivity contribution in [1.82, 2.24) is 15.0 Å². The van der Waals surface area contributed by atoms with Gasteiger partial charge in [-0.05, 0) is 37.6 Å². The van der Waals surface area contributed by atoms with Crippen molar-refractivity contribution in [2.24, 2.45) is 17.6 Å². The third-order valence-electron chi connectivity index (χ3n) is 4.05. The summed E-state index contributed by atoms with van der Waals surface area (Å²) in [6.07, 6.45) is 4.00. The second kappa shape index (κ2) is 6.35. The van der Waals surface area contributed by atoms with E-state index in [0.717, 1.165) is 18.5 Å². The fourth-order valence-electron chi connectivity index (χ4n) is 3.34. The number of rotatable bonds is 4. The van der Waals surface area contributed by atoms with Gasteiger partial charge in [0.1, 0.15) is 0 Å². The molecule has 1 aliphatic rings. The van der Waals surface area contributed by atoms with Gasteiger partial charge >= 0.3 is 5.97 Å². The zero-order valence-corrected chi connectivity index (χ0v) is 12.5. The standard InChI is InChI=1S/C14H24N4O2/c1-9-6-10(2)8-11(7-9)18-12(4-5-15)13(16-17-18)14(19)20-3/h9-11H,4-8,15H2,1-3H3. The van der Waals surface area contributed by atoms with Crippen LogP contribution in [-0.2, 0) is 11.2 Å². The highest BCUT2D eigenvalue weighted by Gasteiger charge is 2.29. The van der Waals surface area contributed by atoms with Crippen molar-refractivity contribution in [3.8, 4) is 0 Å². The Balaban J connectivity index is 2.30. The minimum absolute atomic E-state index is 0.307. The summed E-state index contributed by atoms with van der Waals surface area (Å²) in [6, 6.07) is 0.307. The Kier molecular flexibility index (Phi) is 4.75. The summed E-state index contributed by atoms with van der Waals surface area (Å²) < 4.78 is 6.68. The molecule has 6 heteroatoms. The highest BCUT2D eigenvalue weighted by Crippen LogP contribution is 2.36. The van der Waals surface area contributed by atoms with Gasteiger partial charge in [-0.15, -0.1) is 5.10 Å². The number of carbonyl (C=O) groups is 1. The fraction of sp³-hybridized carbons (Fsp3) is 0.786. The largest absolute Gasteiger partial charge is 0.464 e. The summed E-state index contributed by atoms with van der Waals surface area (Å²) >= 11 is 0. The van der Waals surface area contributed by atoms with E-state index in [4.69, 9.17) is 10.5 Å². The molecule has 1 heterocycles. The number of ether oxygens (including phenoxy) is 1. The molecule has 1 saturated carbocycles. The number of aromatic nitrogens is 3. The van der Waals surface area contributed by atoms with Crippen LogP contribution in [0.25, 0.3) is 0 Å². The number of hydrogen-bond donors (Lipinski definition) is 1. The molecule has 1 fully saturated rings. The number of nitrogens with two attached hydrogens (primary N) is 1. The molecule has 0 radical (unpaired) electrons. The van der Waals surface area contributed by atoms with Gasteiger partial charge in [0, 0.05) is 6.42 Å². The molecule has 1 aliphatic carbocycles. The van der Waals surface area contributed by atoms with Gasteiger partial charge in [-0.25, -0.2) is 9.48 Å². The van der Waals surface area contributed by atoms with Crippen molar-refractivity contribution >= 4 is 5.97 Å². The van der Waals surface area contributed by atoms with Gasteiger partial charge in [0.05, 0.1) is 18.8 Å². The first-order valence-corrected chi connectivity index (χ1v) is 7.29. The van der Waals surface area contributed by atoms with Crippen LogP contribution >= 0.6 is 0 Å². The Morgan fingerprint density at radius 2 is 2.00 bits per heavy atom. The summed E-state index contributed by atoms with van der Waals surface area (Å²) in [5.41, 5.74) is 6.78. The summed E-state index contributed by atoms with van der Waals surface area (Å²) in [4.78, 5) is 11.8. The van der Waals surface area contributed by atoms with Gasteiger partial charge in [-0.1, -0.05) is 19.1 Å². The highest BCUT2D eigenvalue weighted by molar-refractivity contribution is 5.88. The lowest BCUT2D eigenvalue weighted by Gasteiger charge is -2.32. The Labute approximate surface area is 119 Å². The zero-order chi connectivity index (χ0) is 14.7. The van der Waals surface area contributed by atoms with Gasteiger partial charge in [-0.2, -0.15) is 0 Å². The Morgan fingerprint density at radius 3 is 2.55 bits per heavy atom. The minimum atomic E-state index is -0.434. The molecular weight excluding hydrogens is 256 g/mol. The van der Waals surface area contributed by atoms with Crippen LogP contribution in [0.1, 0.15) is 55.3 Å². The van der Waals surface area contributed by atoms with Crippen molar-refractivity contribution in [2.75, 3.05) is 13.7 Å². The Hall–Kier alpha value is -1.43. The third kappa shape index (κ3) is 3.00. The molecule has 2 N–H and O–H groups in total. The molecular formula is C14H24N4O2. The van der Waals surface area contributed by atoms with Crippen LogP contribution in [0.4, 0.5) is 0 Å². The van der Waals surface area contributed by atoms with E-state index in [1.165, 1.54) is 13.5 Å². The van der Waals surface area contributed by atoms with Crippen LogP contribution in [-0.4, -0.2) is 34.6 Å². The van der Waals surface area contributed by atoms with Crippen LogP contribution in [0.3, 0.4) is 0 Å². The van der Waals surface area contributed by atoms with Gasteiger partial charge in [0.2, 0.25) is 0 Å². The highest BCUT2D eigenvalue weighted by atomic mass is 16.5. The van der Waals surface area contributed by atoms with E-state index in [1.807, 2.05) is 4.68 Å². The van der Waals surface area contributed by atoms with Crippen molar-refractivity contribution in [3.63, 3.8) is 0 Å². The smallest absolute Gasteiger partial charge is 0.360 e. The number of carbonyl (C=O) groups excluding carboxylic acids is 1. The summed E-state index contributed by atoms with van der Waals surface area (Å²) in [5.74, 6) is 0.900. The van der Waals surface area contributed by atoms with Crippen molar-refractivity contribution in [2.45, 2.75) is 45.6 Å². The predicted octanol–water partition coefficient (Wildman–Crippen LogP) is 1.56. The normalized spacial score (nSPS) is 26.5. The summed E-state index contributed by atoms with van der Waals surface area (Å²) in [7, 11) is 1.36. The molecule has 20 heavy (non-hydrogen) atoms. The van der Waals surface area contributed by atoms with Crippen LogP contribution < -0.4 is 5.73 Å². The molecule has 0 aliphatic heterocycles. The first-order chi connectivity index (χ1) is 9.56. The third-order valence-corrected chi connectivity index (χ3v) is 4.05. The van der Waals surface area contributed by atoms with E-state index in [-0.39, 0.29) is 0 Å². The molecule has 2 atom stereocenters. The average molecular weight is 280 g/mol. The summed E-state index contributed by atoms with van der Waals surface area (Å²) in [6.45, 7) is 5.00. The molecule has 112 valence electrons. The lowest BCUT2D eigenvalue weighted by Crippen LogP contribution is -2.25. The number of esters is 1.